The summed E-state index contributed by atoms with van der Waals surface area (Å²) in [5.74, 6) is 0. The molecule has 0 bridgehead atoms. The van der Waals surface area contributed by atoms with Gasteiger partial charge in [-0.2, -0.15) is 13.2 Å². The Kier molecular flexibility index (Phi) is 3.49. The number of nitrogens with two attached hydrogens (primary N) is 1. The first-order chi connectivity index (χ1) is 9.95. The predicted molar refractivity (Wildman–Crippen MR) is 75.9 cm³/mol. The van der Waals surface area contributed by atoms with Crippen molar-refractivity contribution in [2.45, 2.75) is 31.5 Å². The number of benzene rings is 2. The summed E-state index contributed by atoms with van der Waals surface area (Å²) in [5, 5.41) is 0. The first-order valence-corrected chi connectivity index (χ1v) is 6.99. The van der Waals surface area contributed by atoms with Gasteiger partial charge in [0.15, 0.2) is 0 Å². The number of hydrogen-bond acceptors (Lipinski definition) is 1. The Hall–Kier alpha value is -1.81. The molecule has 3 rings (SSSR count). The lowest BCUT2D eigenvalue weighted by atomic mass is 9.95. The molecule has 0 aliphatic heterocycles. The van der Waals surface area contributed by atoms with Crippen molar-refractivity contribution in [3.05, 3.63) is 70.3 Å². The van der Waals surface area contributed by atoms with Crippen LogP contribution in [0.4, 0.5) is 13.2 Å². The molecule has 1 unspecified atom stereocenters. The number of hydrogen-bond donors (Lipinski definition) is 1. The highest BCUT2D eigenvalue weighted by Gasteiger charge is 2.30. The molecule has 1 aliphatic carbocycles. The molecule has 0 amide bonds. The van der Waals surface area contributed by atoms with Crippen LogP contribution in [0, 0.1) is 0 Å². The number of fused-ring (bicyclic) bond motifs is 1. The molecule has 0 saturated carbocycles. The van der Waals surface area contributed by atoms with Gasteiger partial charge >= 0.3 is 6.18 Å². The third-order valence-electron chi connectivity index (χ3n) is 4.05. The highest BCUT2D eigenvalue weighted by Crippen LogP contribution is 2.32. The lowest BCUT2D eigenvalue weighted by Gasteiger charge is -2.16. The Morgan fingerprint density at radius 2 is 1.62 bits per heavy atom. The van der Waals surface area contributed by atoms with Crippen LogP contribution in [-0.4, -0.2) is 0 Å². The fourth-order valence-electron chi connectivity index (χ4n) is 2.89. The summed E-state index contributed by atoms with van der Waals surface area (Å²) in [7, 11) is 0. The maximum atomic E-state index is 12.8. The molecule has 0 heterocycles. The highest BCUT2D eigenvalue weighted by molar-refractivity contribution is 5.40. The van der Waals surface area contributed by atoms with E-state index >= 15 is 0 Å². The zero-order chi connectivity index (χ0) is 15.0. The number of alkyl halides is 3. The van der Waals surface area contributed by atoms with Gasteiger partial charge in [0.05, 0.1) is 11.6 Å². The van der Waals surface area contributed by atoms with Crippen molar-refractivity contribution in [1.29, 1.82) is 0 Å². The maximum Gasteiger partial charge on any atom is 0.416 e. The molecular weight excluding hydrogens is 275 g/mol. The van der Waals surface area contributed by atoms with Crippen LogP contribution < -0.4 is 5.73 Å². The van der Waals surface area contributed by atoms with Gasteiger partial charge in [-0.05, 0) is 53.6 Å². The van der Waals surface area contributed by atoms with Crippen LogP contribution in [0.1, 0.15) is 40.3 Å². The molecule has 110 valence electrons. The molecule has 4 heteroatoms. The molecular formula is C17H16F3N. The van der Waals surface area contributed by atoms with E-state index in [0.717, 1.165) is 37.0 Å². The third-order valence-corrected chi connectivity index (χ3v) is 4.05. The Morgan fingerprint density at radius 1 is 0.905 bits per heavy atom. The molecule has 0 fully saturated rings. The Morgan fingerprint density at radius 3 is 2.38 bits per heavy atom. The molecule has 0 aromatic heterocycles. The number of halogens is 3. The van der Waals surface area contributed by atoms with Crippen molar-refractivity contribution >= 4 is 0 Å². The van der Waals surface area contributed by atoms with E-state index < -0.39 is 17.8 Å². The minimum Gasteiger partial charge on any atom is -0.320 e. The zero-order valence-electron chi connectivity index (χ0n) is 11.5. The van der Waals surface area contributed by atoms with Gasteiger partial charge in [0.2, 0.25) is 0 Å². The largest absolute Gasteiger partial charge is 0.416 e. The second-order valence-corrected chi connectivity index (χ2v) is 5.48. The normalized spacial score (nSPS) is 15.8. The smallest absolute Gasteiger partial charge is 0.320 e. The van der Waals surface area contributed by atoms with E-state index in [1.54, 1.807) is 6.07 Å². The van der Waals surface area contributed by atoms with Crippen LogP contribution in [-0.2, 0) is 19.0 Å². The molecule has 21 heavy (non-hydrogen) atoms. The lowest BCUT2D eigenvalue weighted by Crippen LogP contribution is -2.14. The summed E-state index contributed by atoms with van der Waals surface area (Å²) in [6, 6.07) is 10.7. The van der Waals surface area contributed by atoms with Gasteiger partial charge in [0.25, 0.3) is 0 Å². The van der Waals surface area contributed by atoms with Crippen LogP contribution in [0.5, 0.6) is 0 Å². The second kappa shape index (κ2) is 5.19. The first kappa shape index (κ1) is 14.1. The van der Waals surface area contributed by atoms with Gasteiger partial charge < -0.3 is 5.73 Å². The minimum atomic E-state index is -4.34. The fraction of sp³-hybridized carbons (Fsp3) is 0.294. The molecule has 2 aromatic rings. The lowest BCUT2D eigenvalue weighted by molar-refractivity contribution is -0.137. The van der Waals surface area contributed by atoms with Crippen LogP contribution in [0.3, 0.4) is 0 Å². The average Bonchev–Trinajstić information content (AvgIpc) is 2.93. The fourth-order valence-corrected chi connectivity index (χ4v) is 2.89. The predicted octanol–water partition coefficient (Wildman–Crippen LogP) is 4.24. The van der Waals surface area contributed by atoms with Crippen molar-refractivity contribution in [2.75, 3.05) is 0 Å². The van der Waals surface area contributed by atoms with Crippen molar-refractivity contribution in [2.24, 2.45) is 5.73 Å². The SMILES string of the molecule is NC(c1cccc(C(F)(F)F)c1)c1ccc2c(c1)CCC2. The van der Waals surface area contributed by atoms with E-state index in [2.05, 4.69) is 0 Å². The standard InChI is InChI=1S/C17H16F3N/c18-17(19,20)15-6-2-5-13(10-15)16(21)14-8-7-11-3-1-4-12(11)9-14/h2,5-10,16H,1,3-4,21H2. The second-order valence-electron chi connectivity index (χ2n) is 5.48. The van der Waals surface area contributed by atoms with Gasteiger partial charge in [-0.1, -0.05) is 30.3 Å². The number of rotatable bonds is 2. The molecule has 2 aromatic carbocycles. The summed E-state index contributed by atoms with van der Waals surface area (Å²) in [6.07, 6.45) is -1.10. The van der Waals surface area contributed by atoms with Crippen LogP contribution in [0.25, 0.3) is 0 Å². The van der Waals surface area contributed by atoms with E-state index in [-0.39, 0.29) is 0 Å². The molecule has 0 radical (unpaired) electrons. The summed E-state index contributed by atoms with van der Waals surface area (Å²) in [6.45, 7) is 0. The summed E-state index contributed by atoms with van der Waals surface area (Å²) < 4.78 is 38.3. The first-order valence-electron chi connectivity index (χ1n) is 6.99. The average molecular weight is 291 g/mol. The van der Waals surface area contributed by atoms with Crippen LogP contribution in [0.15, 0.2) is 42.5 Å². The van der Waals surface area contributed by atoms with Gasteiger partial charge in [0, 0.05) is 0 Å². The van der Waals surface area contributed by atoms with E-state index in [4.69, 9.17) is 5.73 Å². The molecule has 1 nitrogen and oxygen atoms in total. The van der Waals surface area contributed by atoms with E-state index in [1.165, 1.54) is 17.2 Å². The van der Waals surface area contributed by atoms with Crippen LogP contribution in [0.2, 0.25) is 0 Å². The van der Waals surface area contributed by atoms with Crippen molar-refractivity contribution in [3.63, 3.8) is 0 Å². The monoisotopic (exact) mass is 291 g/mol. The van der Waals surface area contributed by atoms with Crippen molar-refractivity contribution < 1.29 is 13.2 Å². The van der Waals surface area contributed by atoms with E-state index in [9.17, 15) is 13.2 Å². The minimum absolute atomic E-state index is 0.489. The Bertz CT molecular complexity index is 661. The molecule has 1 atom stereocenters. The summed E-state index contributed by atoms with van der Waals surface area (Å²) >= 11 is 0. The Labute approximate surface area is 121 Å². The topological polar surface area (TPSA) is 26.0 Å². The zero-order valence-corrected chi connectivity index (χ0v) is 11.5. The summed E-state index contributed by atoms with van der Waals surface area (Å²) in [4.78, 5) is 0. The van der Waals surface area contributed by atoms with Gasteiger partial charge in [-0.3, -0.25) is 0 Å². The quantitative estimate of drug-likeness (QED) is 0.880. The van der Waals surface area contributed by atoms with Crippen molar-refractivity contribution in [1.82, 2.24) is 0 Å². The van der Waals surface area contributed by atoms with Gasteiger partial charge in [0.1, 0.15) is 0 Å². The highest BCUT2D eigenvalue weighted by atomic mass is 19.4. The van der Waals surface area contributed by atoms with Gasteiger partial charge in [-0.25, -0.2) is 0 Å². The summed E-state index contributed by atoms with van der Waals surface area (Å²) in [5.41, 5.74) is 9.46. The Balaban J connectivity index is 1.93. The van der Waals surface area contributed by atoms with Crippen LogP contribution >= 0.6 is 0 Å². The molecule has 1 aliphatic rings. The van der Waals surface area contributed by atoms with Gasteiger partial charge in [-0.15, -0.1) is 0 Å². The molecule has 0 saturated heterocycles. The maximum absolute atomic E-state index is 12.8. The van der Waals surface area contributed by atoms with E-state index in [0.29, 0.717) is 5.56 Å². The third kappa shape index (κ3) is 2.81. The number of aryl methyl sites for hydroxylation is 2. The molecule has 2 N–H and O–H groups in total. The van der Waals surface area contributed by atoms with E-state index in [1.807, 2.05) is 18.2 Å². The van der Waals surface area contributed by atoms with Crippen molar-refractivity contribution in [3.8, 4) is 0 Å². The molecule has 0 spiro atoms.